The van der Waals surface area contributed by atoms with Gasteiger partial charge in [-0.05, 0) is 61.8 Å². The molecule has 0 aliphatic heterocycles. The van der Waals surface area contributed by atoms with E-state index in [-0.39, 0.29) is 0 Å². The van der Waals surface area contributed by atoms with Crippen LogP contribution in [0.25, 0.3) is 0 Å². The average Bonchev–Trinajstić information content (AvgIpc) is 2.91. The summed E-state index contributed by atoms with van der Waals surface area (Å²) in [7, 11) is 0. The Morgan fingerprint density at radius 2 is 1.78 bits per heavy atom. The van der Waals surface area contributed by atoms with Crippen molar-refractivity contribution in [1.29, 1.82) is 0 Å². The highest BCUT2D eigenvalue weighted by Gasteiger charge is 2.14. The predicted octanol–water partition coefficient (Wildman–Crippen LogP) is 5.57. The van der Waals surface area contributed by atoms with Gasteiger partial charge in [-0.25, -0.2) is 0 Å². The van der Waals surface area contributed by atoms with Crippen molar-refractivity contribution in [2.45, 2.75) is 33.7 Å². The fourth-order valence-electron chi connectivity index (χ4n) is 2.92. The summed E-state index contributed by atoms with van der Waals surface area (Å²) < 4.78 is 1.94. The van der Waals surface area contributed by atoms with Gasteiger partial charge in [0.15, 0.2) is 5.11 Å². The summed E-state index contributed by atoms with van der Waals surface area (Å²) in [4.78, 5) is 0. The standard InChI is InChI=1S/C21H23ClN4S/c1-4-16-9-11-18(12-10-16)23-21(27)24-20-14(2)25-26(15(20)3)13-17-7-5-6-8-19(17)22/h5-12H,4,13H2,1-3H3,(H2,23,24,27). The molecule has 0 unspecified atom stereocenters. The molecule has 3 aromatic rings. The van der Waals surface area contributed by atoms with E-state index >= 15 is 0 Å². The molecule has 1 heterocycles. The van der Waals surface area contributed by atoms with Crippen molar-refractivity contribution in [2.75, 3.05) is 10.6 Å². The normalized spacial score (nSPS) is 10.7. The topological polar surface area (TPSA) is 41.9 Å². The lowest BCUT2D eigenvalue weighted by Crippen LogP contribution is -2.20. The molecule has 2 N–H and O–H groups in total. The molecule has 0 saturated heterocycles. The maximum absolute atomic E-state index is 6.28. The van der Waals surface area contributed by atoms with Crippen LogP contribution in [-0.4, -0.2) is 14.9 Å². The van der Waals surface area contributed by atoms with Crippen molar-refractivity contribution in [3.63, 3.8) is 0 Å². The molecule has 0 aliphatic carbocycles. The van der Waals surface area contributed by atoms with E-state index in [0.717, 1.165) is 39.8 Å². The molecule has 0 amide bonds. The quantitative estimate of drug-likeness (QED) is 0.551. The first-order valence-electron chi connectivity index (χ1n) is 8.92. The Bertz CT molecular complexity index is 947. The first-order chi connectivity index (χ1) is 13.0. The second-order valence-corrected chi connectivity index (χ2v) is 7.24. The van der Waals surface area contributed by atoms with E-state index in [0.29, 0.717) is 11.7 Å². The third-order valence-electron chi connectivity index (χ3n) is 4.52. The van der Waals surface area contributed by atoms with Gasteiger partial charge in [0.05, 0.1) is 23.6 Å². The first-order valence-corrected chi connectivity index (χ1v) is 9.71. The predicted molar refractivity (Wildman–Crippen MR) is 118 cm³/mol. The minimum absolute atomic E-state index is 0.544. The molecule has 140 valence electrons. The zero-order valence-corrected chi connectivity index (χ0v) is 17.3. The van der Waals surface area contributed by atoms with Gasteiger partial charge in [-0.15, -0.1) is 0 Å². The molecule has 1 aromatic heterocycles. The second-order valence-electron chi connectivity index (χ2n) is 6.42. The lowest BCUT2D eigenvalue weighted by Gasteiger charge is -2.12. The summed E-state index contributed by atoms with van der Waals surface area (Å²) in [5.41, 5.74) is 6.12. The van der Waals surface area contributed by atoms with Crippen LogP contribution in [0.1, 0.15) is 29.4 Å². The van der Waals surface area contributed by atoms with E-state index in [4.69, 9.17) is 23.8 Å². The van der Waals surface area contributed by atoms with Crippen LogP contribution in [0, 0.1) is 13.8 Å². The van der Waals surface area contributed by atoms with Crippen LogP contribution in [0.5, 0.6) is 0 Å². The average molecular weight is 399 g/mol. The number of anilines is 2. The number of nitrogens with one attached hydrogen (secondary N) is 2. The van der Waals surface area contributed by atoms with Crippen LogP contribution in [0.15, 0.2) is 48.5 Å². The Balaban J connectivity index is 1.72. The van der Waals surface area contributed by atoms with Crippen molar-refractivity contribution in [3.05, 3.63) is 76.1 Å². The third-order valence-corrected chi connectivity index (χ3v) is 5.09. The zero-order chi connectivity index (χ0) is 19.4. The second kappa shape index (κ2) is 8.55. The van der Waals surface area contributed by atoms with Gasteiger partial charge in [0.2, 0.25) is 0 Å². The molecule has 2 aromatic carbocycles. The number of aromatic nitrogens is 2. The molecule has 0 saturated carbocycles. The van der Waals surface area contributed by atoms with Gasteiger partial charge in [0.25, 0.3) is 0 Å². The van der Waals surface area contributed by atoms with Crippen molar-refractivity contribution < 1.29 is 0 Å². The number of thiocarbonyl (C=S) groups is 1. The Morgan fingerprint density at radius 1 is 1.07 bits per heavy atom. The molecular formula is C21H23ClN4S. The van der Waals surface area contributed by atoms with Crippen molar-refractivity contribution in [2.24, 2.45) is 0 Å². The lowest BCUT2D eigenvalue weighted by atomic mass is 10.1. The molecule has 0 bridgehead atoms. The molecule has 4 nitrogen and oxygen atoms in total. The fourth-order valence-corrected chi connectivity index (χ4v) is 3.33. The van der Waals surface area contributed by atoms with Gasteiger partial charge in [-0.3, -0.25) is 4.68 Å². The smallest absolute Gasteiger partial charge is 0.175 e. The van der Waals surface area contributed by atoms with Crippen molar-refractivity contribution in [1.82, 2.24) is 9.78 Å². The Hall–Kier alpha value is -2.37. The molecule has 3 rings (SSSR count). The Labute approximate surface area is 170 Å². The summed E-state index contributed by atoms with van der Waals surface area (Å²) in [6.45, 7) is 6.75. The van der Waals surface area contributed by atoms with Gasteiger partial charge in [-0.2, -0.15) is 5.10 Å². The molecule has 0 spiro atoms. The van der Waals surface area contributed by atoms with Crippen LogP contribution < -0.4 is 10.6 Å². The molecule has 6 heteroatoms. The minimum atomic E-state index is 0.544. The number of aryl methyl sites for hydroxylation is 2. The van der Waals surface area contributed by atoms with Gasteiger partial charge in [0, 0.05) is 10.7 Å². The highest BCUT2D eigenvalue weighted by atomic mass is 35.5. The van der Waals surface area contributed by atoms with E-state index in [1.807, 2.05) is 54.9 Å². The molecule has 27 heavy (non-hydrogen) atoms. The van der Waals surface area contributed by atoms with Crippen LogP contribution in [0.4, 0.5) is 11.4 Å². The van der Waals surface area contributed by atoms with Gasteiger partial charge in [0.1, 0.15) is 0 Å². The number of rotatable bonds is 5. The largest absolute Gasteiger partial charge is 0.332 e. The SMILES string of the molecule is CCc1ccc(NC(=S)Nc2c(C)nn(Cc3ccccc3Cl)c2C)cc1. The first kappa shape index (κ1) is 19.4. The molecule has 0 atom stereocenters. The van der Waals surface area contributed by atoms with Gasteiger partial charge in [-0.1, -0.05) is 48.9 Å². The zero-order valence-electron chi connectivity index (χ0n) is 15.7. The number of nitrogens with zero attached hydrogens (tertiary/aromatic N) is 2. The van der Waals surface area contributed by atoms with E-state index in [1.54, 1.807) is 0 Å². The Morgan fingerprint density at radius 3 is 2.44 bits per heavy atom. The van der Waals surface area contributed by atoms with Crippen LogP contribution >= 0.6 is 23.8 Å². The summed E-state index contributed by atoms with van der Waals surface area (Å²) in [5.74, 6) is 0. The minimum Gasteiger partial charge on any atom is -0.332 e. The monoisotopic (exact) mass is 398 g/mol. The fraction of sp³-hybridized carbons (Fsp3) is 0.238. The number of hydrogen-bond donors (Lipinski definition) is 2. The summed E-state index contributed by atoms with van der Waals surface area (Å²) >= 11 is 11.8. The number of hydrogen-bond acceptors (Lipinski definition) is 2. The summed E-state index contributed by atoms with van der Waals surface area (Å²) in [6, 6.07) is 16.1. The summed E-state index contributed by atoms with van der Waals surface area (Å²) in [5, 5.41) is 12.4. The Kier molecular flexibility index (Phi) is 6.14. The van der Waals surface area contributed by atoms with Gasteiger partial charge >= 0.3 is 0 Å². The van der Waals surface area contributed by atoms with Crippen molar-refractivity contribution >= 4 is 40.3 Å². The molecule has 0 aliphatic rings. The molecular weight excluding hydrogens is 376 g/mol. The molecule has 0 radical (unpaired) electrons. The van der Waals surface area contributed by atoms with E-state index in [2.05, 4.69) is 34.8 Å². The highest BCUT2D eigenvalue weighted by Crippen LogP contribution is 2.23. The van der Waals surface area contributed by atoms with E-state index in [9.17, 15) is 0 Å². The summed E-state index contributed by atoms with van der Waals surface area (Å²) in [6.07, 6.45) is 1.02. The van der Waals surface area contributed by atoms with Gasteiger partial charge < -0.3 is 10.6 Å². The highest BCUT2D eigenvalue weighted by molar-refractivity contribution is 7.80. The van der Waals surface area contributed by atoms with E-state index in [1.165, 1.54) is 5.56 Å². The van der Waals surface area contributed by atoms with E-state index < -0.39 is 0 Å². The number of halogens is 1. The van der Waals surface area contributed by atoms with Crippen LogP contribution in [0.2, 0.25) is 5.02 Å². The maximum Gasteiger partial charge on any atom is 0.175 e. The maximum atomic E-state index is 6.28. The van der Waals surface area contributed by atoms with Crippen molar-refractivity contribution in [3.8, 4) is 0 Å². The third kappa shape index (κ3) is 4.67. The lowest BCUT2D eigenvalue weighted by molar-refractivity contribution is 0.659. The van der Waals surface area contributed by atoms with Crippen LogP contribution in [-0.2, 0) is 13.0 Å². The van der Waals surface area contributed by atoms with Crippen LogP contribution in [0.3, 0.4) is 0 Å². The number of benzene rings is 2. The molecule has 0 fully saturated rings.